The number of nitrogens with zero attached hydrogens (tertiary/aromatic N) is 2. The van der Waals surface area contributed by atoms with E-state index in [0.29, 0.717) is 5.69 Å². The summed E-state index contributed by atoms with van der Waals surface area (Å²) in [6.07, 6.45) is 3.09. The molecule has 1 rings (SSSR count). The van der Waals surface area contributed by atoms with Gasteiger partial charge in [-0.05, 0) is 43.9 Å². The van der Waals surface area contributed by atoms with Crippen molar-refractivity contribution in [1.29, 1.82) is 0 Å². The average molecular weight is 250 g/mol. The first kappa shape index (κ1) is 14.5. The highest BCUT2D eigenvalue weighted by Crippen LogP contribution is 2.31. The monoisotopic (exact) mass is 250 g/mol. The second kappa shape index (κ2) is 6.38. The molecule has 0 spiro atoms. The number of rotatable bonds is 6. The third-order valence-electron chi connectivity index (χ3n) is 3.32. The van der Waals surface area contributed by atoms with Crippen LogP contribution >= 0.6 is 0 Å². The van der Waals surface area contributed by atoms with Gasteiger partial charge in [-0.2, -0.15) is 0 Å². The van der Waals surface area contributed by atoms with Crippen LogP contribution in [0.5, 0.6) is 0 Å². The van der Waals surface area contributed by atoms with E-state index in [9.17, 15) is 10.1 Å². The van der Waals surface area contributed by atoms with Crippen molar-refractivity contribution < 1.29 is 4.92 Å². The fraction of sp³-hybridized carbons (Fsp3) is 0.571. The van der Waals surface area contributed by atoms with Crippen molar-refractivity contribution in [3.8, 4) is 0 Å². The highest BCUT2D eigenvalue weighted by Gasteiger charge is 2.18. The lowest BCUT2D eigenvalue weighted by atomic mass is 10.0. The molecule has 18 heavy (non-hydrogen) atoms. The van der Waals surface area contributed by atoms with Gasteiger partial charge < -0.3 is 4.90 Å². The number of hydrogen-bond acceptors (Lipinski definition) is 3. The lowest BCUT2D eigenvalue weighted by Crippen LogP contribution is -2.17. The molecule has 100 valence electrons. The Balaban J connectivity index is 3.21. The van der Waals surface area contributed by atoms with E-state index >= 15 is 0 Å². The molecule has 0 fully saturated rings. The molecule has 0 aliphatic rings. The van der Waals surface area contributed by atoms with E-state index in [2.05, 4.69) is 6.92 Å². The molecule has 0 amide bonds. The molecule has 0 radical (unpaired) electrons. The van der Waals surface area contributed by atoms with Crippen molar-refractivity contribution in [2.24, 2.45) is 0 Å². The van der Waals surface area contributed by atoms with Crippen LogP contribution in [-0.4, -0.2) is 18.5 Å². The Hall–Kier alpha value is -1.58. The minimum Gasteiger partial charge on any atom is -0.369 e. The van der Waals surface area contributed by atoms with E-state index in [-0.39, 0.29) is 10.6 Å². The van der Waals surface area contributed by atoms with Crippen LogP contribution in [0.3, 0.4) is 0 Å². The van der Waals surface area contributed by atoms with E-state index < -0.39 is 0 Å². The molecule has 0 atom stereocenters. The van der Waals surface area contributed by atoms with Crippen LogP contribution < -0.4 is 4.90 Å². The summed E-state index contributed by atoms with van der Waals surface area (Å²) in [5.74, 6) is 0. The van der Waals surface area contributed by atoms with Gasteiger partial charge in [-0.1, -0.05) is 13.3 Å². The van der Waals surface area contributed by atoms with Crippen LogP contribution in [0, 0.1) is 17.0 Å². The normalized spacial score (nSPS) is 10.4. The van der Waals surface area contributed by atoms with Gasteiger partial charge in [-0.3, -0.25) is 10.1 Å². The number of benzene rings is 1. The highest BCUT2D eigenvalue weighted by molar-refractivity contribution is 5.65. The zero-order chi connectivity index (χ0) is 13.7. The molecule has 0 aliphatic heterocycles. The Morgan fingerprint density at radius 2 is 2.00 bits per heavy atom. The smallest absolute Gasteiger partial charge is 0.292 e. The lowest BCUT2D eigenvalue weighted by molar-refractivity contribution is -0.384. The third kappa shape index (κ3) is 3.22. The summed E-state index contributed by atoms with van der Waals surface area (Å²) in [7, 11) is 1.88. The number of nitro groups is 1. The van der Waals surface area contributed by atoms with Gasteiger partial charge >= 0.3 is 0 Å². The Morgan fingerprint density at radius 3 is 2.50 bits per heavy atom. The molecule has 0 saturated heterocycles. The van der Waals surface area contributed by atoms with Gasteiger partial charge in [0.05, 0.1) is 4.92 Å². The van der Waals surface area contributed by atoms with Gasteiger partial charge in [-0.15, -0.1) is 0 Å². The zero-order valence-corrected chi connectivity index (χ0v) is 11.7. The van der Waals surface area contributed by atoms with Crippen LogP contribution in [0.2, 0.25) is 0 Å². The number of nitro benzene ring substituents is 1. The molecule has 0 aromatic heterocycles. The fourth-order valence-corrected chi connectivity index (χ4v) is 1.98. The van der Waals surface area contributed by atoms with Crippen LogP contribution in [0.25, 0.3) is 0 Å². The molecule has 1 aromatic rings. The van der Waals surface area contributed by atoms with Gasteiger partial charge in [0.1, 0.15) is 5.69 Å². The maximum atomic E-state index is 11.2. The Bertz CT molecular complexity index is 430. The minimum absolute atomic E-state index is 0.219. The summed E-state index contributed by atoms with van der Waals surface area (Å²) in [6, 6.07) is 3.68. The van der Waals surface area contributed by atoms with Crippen molar-refractivity contribution in [2.45, 2.75) is 40.0 Å². The predicted molar refractivity (Wildman–Crippen MR) is 75.4 cm³/mol. The van der Waals surface area contributed by atoms with Gasteiger partial charge in [0.15, 0.2) is 0 Å². The molecule has 0 saturated carbocycles. The highest BCUT2D eigenvalue weighted by atomic mass is 16.6. The fourth-order valence-electron chi connectivity index (χ4n) is 1.98. The summed E-state index contributed by atoms with van der Waals surface area (Å²) in [4.78, 5) is 12.8. The quantitative estimate of drug-likeness (QED) is 0.571. The molecule has 0 N–H and O–H groups in total. The van der Waals surface area contributed by atoms with Gasteiger partial charge in [0, 0.05) is 19.7 Å². The van der Waals surface area contributed by atoms with Gasteiger partial charge in [-0.25, -0.2) is 0 Å². The Kier molecular flexibility index (Phi) is 5.13. The maximum absolute atomic E-state index is 11.2. The van der Waals surface area contributed by atoms with E-state index in [4.69, 9.17) is 0 Å². The maximum Gasteiger partial charge on any atom is 0.292 e. The first-order valence-electron chi connectivity index (χ1n) is 6.50. The molecule has 4 heteroatoms. The summed E-state index contributed by atoms with van der Waals surface area (Å²) in [5, 5.41) is 11.2. The number of hydrogen-bond donors (Lipinski definition) is 0. The summed E-state index contributed by atoms with van der Waals surface area (Å²) in [6.45, 7) is 6.91. The lowest BCUT2D eigenvalue weighted by Gasteiger charge is -2.18. The predicted octanol–water partition coefficient (Wildman–Crippen LogP) is 3.70. The summed E-state index contributed by atoms with van der Waals surface area (Å²) >= 11 is 0. The van der Waals surface area contributed by atoms with Crippen LogP contribution in [-0.2, 0) is 6.42 Å². The second-order valence-corrected chi connectivity index (χ2v) is 4.64. The Labute approximate surface area is 109 Å². The van der Waals surface area contributed by atoms with E-state index in [0.717, 1.165) is 36.9 Å². The molecule has 0 unspecified atom stereocenters. The number of unbranched alkanes of at least 4 members (excludes halogenated alkanes) is 1. The van der Waals surface area contributed by atoms with Crippen molar-refractivity contribution in [1.82, 2.24) is 0 Å². The first-order valence-corrected chi connectivity index (χ1v) is 6.50. The van der Waals surface area contributed by atoms with Crippen molar-refractivity contribution in [2.75, 3.05) is 18.5 Å². The standard InChI is InChI=1S/C14H22N2O2/c1-5-7-8-12-10-14(16(17)18)13(9-11(12)3)15(4)6-2/h9-10H,5-8H2,1-4H3. The van der Waals surface area contributed by atoms with Crippen LogP contribution in [0.4, 0.5) is 11.4 Å². The molecule has 4 nitrogen and oxygen atoms in total. The topological polar surface area (TPSA) is 46.4 Å². The van der Waals surface area contributed by atoms with Gasteiger partial charge in [0.2, 0.25) is 0 Å². The largest absolute Gasteiger partial charge is 0.369 e. The third-order valence-corrected chi connectivity index (χ3v) is 3.32. The first-order chi connectivity index (χ1) is 8.51. The van der Waals surface area contributed by atoms with Crippen molar-refractivity contribution in [3.05, 3.63) is 33.4 Å². The Morgan fingerprint density at radius 1 is 1.33 bits per heavy atom. The van der Waals surface area contributed by atoms with Crippen molar-refractivity contribution >= 4 is 11.4 Å². The molecule has 0 heterocycles. The van der Waals surface area contributed by atoms with Crippen LogP contribution in [0.1, 0.15) is 37.8 Å². The van der Waals surface area contributed by atoms with E-state index in [1.54, 1.807) is 6.07 Å². The van der Waals surface area contributed by atoms with Gasteiger partial charge in [0.25, 0.3) is 5.69 Å². The molecule has 1 aromatic carbocycles. The average Bonchev–Trinajstić information content (AvgIpc) is 2.35. The SMILES string of the molecule is CCCCc1cc([N+](=O)[O-])c(N(C)CC)cc1C. The molecule has 0 bridgehead atoms. The van der Waals surface area contributed by atoms with E-state index in [1.807, 2.05) is 31.9 Å². The second-order valence-electron chi connectivity index (χ2n) is 4.64. The van der Waals surface area contributed by atoms with E-state index in [1.165, 1.54) is 0 Å². The summed E-state index contributed by atoms with van der Waals surface area (Å²) in [5.41, 5.74) is 3.16. The number of aryl methyl sites for hydroxylation is 2. The number of anilines is 1. The van der Waals surface area contributed by atoms with Crippen molar-refractivity contribution in [3.63, 3.8) is 0 Å². The zero-order valence-electron chi connectivity index (χ0n) is 11.7. The minimum atomic E-state index is -0.281. The van der Waals surface area contributed by atoms with Crippen LogP contribution in [0.15, 0.2) is 12.1 Å². The molecular formula is C14H22N2O2. The summed E-state index contributed by atoms with van der Waals surface area (Å²) < 4.78 is 0. The molecule has 0 aliphatic carbocycles. The molecular weight excluding hydrogens is 228 g/mol.